The lowest BCUT2D eigenvalue weighted by molar-refractivity contribution is -0.197. The van der Waals surface area contributed by atoms with Gasteiger partial charge in [0.2, 0.25) is 0 Å². The Morgan fingerprint density at radius 1 is 1.03 bits per heavy atom. The molecule has 174 valence electrons. The van der Waals surface area contributed by atoms with Gasteiger partial charge in [-0.1, -0.05) is 60.2 Å². The molecule has 0 bridgehead atoms. The standard InChI is InChI=1S/C28H28FN3OS/c1-22-7-13-27(14-8-22)34-19-26-17-28(20-31-16-15-30-21-31,24-5-3-2-4-6-24)32(33-26)18-23-9-11-25(29)12-10-23/h2-16,21,26H,17-20H2,1H3. The van der Waals surface area contributed by atoms with E-state index in [1.54, 1.807) is 0 Å². The van der Waals surface area contributed by atoms with Crippen molar-refractivity contribution in [1.29, 1.82) is 0 Å². The minimum atomic E-state index is -0.380. The average Bonchev–Trinajstić information content (AvgIpc) is 3.49. The Bertz CT molecular complexity index is 1180. The second-order valence-electron chi connectivity index (χ2n) is 8.85. The molecule has 1 fully saturated rings. The number of benzene rings is 3. The quantitative estimate of drug-likeness (QED) is 0.284. The minimum absolute atomic E-state index is 0.0375. The molecule has 6 heteroatoms. The van der Waals surface area contributed by atoms with Gasteiger partial charge in [-0.3, -0.25) is 4.84 Å². The third-order valence-electron chi connectivity index (χ3n) is 6.33. The van der Waals surface area contributed by atoms with Gasteiger partial charge < -0.3 is 4.57 Å². The second kappa shape index (κ2) is 10.1. The zero-order valence-electron chi connectivity index (χ0n) is 19.2. The summed E-state index contributed by atoms with van der Waals surface area (Å²) in [5, 5.41) is 2.11. The third-order valence-corrected chi connectivity index (χ3v) is 7.47. The van der Waals surface area contributed by atoms with Crippen molar-refractivity contribution in [3.63, 3.8) is 0 Å². The molecule has 0 aliphatic carbocycles. The fraction of sp³-hybridized carbons (Fsp3) is 0.250. The number of thioether (sulfide) groups is 1. The first-order valence-corrected chi connectivity index (χ1v) is 12.5. The lowest BCUT2D eigenvalue weighted by atomic mass is 9.84. The molecule has 1 aliphatic heterocycles. The van der Waals surface area contributed by atoms with Crippen LogP contribution >= 0.6 is 11.8 Å². The van der Waals surface area contributed by atoms with Gasteiger partial charge in [-0.05, 0) is 42.3 Å². The van der Waals surface area contributed by atoms with Gasteiger partial charge in [-0.2, -0.15) is 5.06 Å². The first-order chi connectivity index (χ1) is 16.6. The number of nitrogens with zero attached hydrogens (tertiary/aromatic N) is 3. The van der Waals surface area contributed by atoms with E-state index in [2.05, 4.69) is 70.1 Å². The molecule has 3 aromatic carbocycles. The number of hydrogen-bond acceptors (Lipinski definition) is 4. The maximum Gasteiger partial charge on any atom is 0.123 e. The van der Waals surface area contributed by atoms with Crippen LogP contribution in [0.25, 0.3) is 0 Å². The van der Waals surface area contributed by atoms with Gasteiger partial charge >= 0.3 is 0 Å². The van der Waals surface area contributed by atoms with Crippen molar-refractivity contribution < 1.29 is 9.23 Å². The number of aryl methyl sites for hydroxylation is 1. The number of halogens is 1. The van der Waals surface area contributed by atoms with Crippen molar-refractivity contribution in [1.82, 2.24) is 14.6 Å². The van der Waals surface area contributed by atoms with Crippen molar-refractivity contribution in [3.05, 3.63) is 120 Å². The van der Waals surface area contributed by atoms with Crippen molar-refractivity contribution in [3.8, 4) is 0 Å². The maximum atomic E-state index is 13.6. The van der Waals surface area contributed by atoms with Crippen molar-refractivity contribution in [2.75, 3.05) is 5.75 Å². The van der Waals surface area contributed by atoms with E-state index in [-0.39, 0.29) is 17.5 Å². The highest BCUT2D eigenvalue weighted by Gasteiger charge is 2.48. The predicted octanol–water partition coefficient (Wildman–Crippen LogP) is 6.22. The van der Waals surface area contributed by atoms with Crippen molar-refractivity contribution in [2.45, 2.75) is 43.0 Å². The number of imidazole rings is 1. The number of rotatable bonds is 8. The van der Waals surface area contributed by atoms with E-state index >= 15 is 0 Å². The van der Waals surface area contributed by atoms with Crippen LogP contribution in [0.15, 0.2) is 102 Å². The molecule has 0 amide bonds. The second-order valence-corrected chi connectivity index (χ2v) is 9.94. The van der Waals surface area contributed by atoms with Crippen LogP contribution < -0.4 is 0 Å². The monoisotopic (exact) mass is 473 g/mol. The van der Waals surface area contributed by atoms with Crippen LogP contribution in [-0.4, -0.2) is 26.5 Å². The van der Waals surface area contributed by atoms with Crippen LogP contribution in [0, 0.1) is 12.7 Å². The minimum Gasteiger partial charge on any atom is -0.335 e. The van der Waals surface area contributed by atoms with Crippen LogP contribution in [-0.2, 0) is 23.5 Å². The van der Waals surface area contributed by atoms with Gasteiger partial charge in [0, 0.05) is 36.0 Å². The Kier molecular flexibility index (Phi) is 6.81. The van der Waals surface area contributed by atoms with E-state index in [4.69, 9.17) is 4.84 Å². The van der Waals surface area contributed by atoms with Crippen LogP contribution in [0.2, 0.25) is 0 Å². The highest BCUT2D eigenvalue weighted by molar-refractivity contribution is 7.99. The summed E-state index contributed by atoms with van der Waals surface area (Å²) >= 11 is 1.82. The van der Waals surface area contributed by atoms with Crippen molar-refractivity contribution in [2.24, 2.45) is 0 Å². The van der Waals surface area contributed by atoms with Crippen molar-refractivity contribution >= 4 is 11.8 Å². The van der Waals surface area contributed by atoms with E-state index < -0.39 is 0 Å². The first kappa shape index (κ1) is 22.8. The molecular weight excluding hydrogens is 445 g/mol. The molecule has 5 rings (SSSR count). The smallest absolute Gasteiger partial charge is 0.123 e. The van der Waals surface area contributed by atoms with Gasteiger partial charge in [0.05, 0.1) is 24.5 Å². The van der Waals surface area contributed by atoms with E-state index in [1.807, 2.05) is 48.7 Å². The molecule has 0 N–H and O–H groups in total. The van der Waals surface area contributed by atoms with Crippen LogP contribution in [0.1, 0.15) is 23.1 Å². The summed E-state index contributed by atoms with van der Waals surface area (Å²) < 4.78 is 15.7. The van der Waals surface area contributed by atoms with Gasteiger partial charge in [0.25, 0.3) is 0 Å². The Morgan fingerprint density at radius 2 is 1.79 bits per heavy atom. The predicted molar refractivity (Wildman–Crippen MR) is 134 cm³/mol. The third kappa shape index (κ3) is 5.09. The Hall–Kier alpha value is -2.93. The molecule has 0 radical (unpaired) electrons. The summed E-state index contributed by atoms with van der Waals surface area (Å²) in [5.41, 5.74) is 3.10. The van der Waals surface area contributed by atoms with E-state index in [1.165, 1.54) is 28.2 Å². The highest BCUT2D eigenvalue weighted by atomic mass is 32.2. The van der Waals surface area contributed by atoms with E-state index in [0.29, 0.717) is 13.1 Å². The summed E-state index contributed by atoms with van der Waals surface area (Å²) in [5.74, 6) is 0.618. The molecule has 4 aromatic rings. The molecule has 2 atom stereocenters. The molecule has 4 nitrogen and oxygen atoms in total. The lowest BCUT2D eigenvalue weighted by Crippen LogP contribution is -2.43. The van der Waals surface area contributed by atoms with Gasteiger partial charge in [-0.25, -0.2) is 9.37 Å². The molecule has 1 aliphatic rings. The largest absolute Gasteiger partial charge is 0.335 e. The molecule has 1 saturated heterocycles. The Labute approximate surface area is 204 Å². The Balaban J connectivity index is 1.46. The SMILES string of the molecule is Cc1ccc(SCC2CC(Cn3ccnc3)(c3ccccc3)N(Cc3ccc(F)cc3)O2)cc1. The van der Waals surface area contributed by atoms with Gasteiger partial charge in [-0.15, -0.1) is 11.8 Å². The van der Waals surface area contributed by atoms with Gasteiger partial charge in [0.1, 0.15) is 5.82 Å². The summed E-state index contributed by atoms with van der Waals surface area (Å²) in [6.07, 6.45) is 6.54. The van der Waals surface area contributed by atoms with Crippen LogP contribution in [0.5, 0.6) is 0 Å². The number of aromatic nitrogens is 2. The summed E-state index contributed by atoms with van der Waals surface area (Å²) in [7, 11) is 0. The molecule has 2 unspecified atom stereocenters. The zero-order chi connectivity index (χ0) is 23.4. The zero-order valence-corrected chi connectivity index (χ0v) is 20.0. The van der Waals surface area contributed by atoms with Crippen LogP contribution in [0.4, 0.5) is 4.39 Å². The lowest BCUT2D eigenvalue weighted by Gasteiger charge is -2.37. The summed E-state index contributed by atoms with van der Waals surface area (Å²) in [6.45, 7) is 3.38. The highest BCUT2D eigenvalue weighted by Crippen LogP contribution is 2.44. The maximum absolute atomic E-state index is 13.6. The molecular formula is C28H28FN3OS. The fourth-order valence-electron chi connectivity index (χ4n) is 4.58. The van der Waals surface area contributed by atoms with E-state index in [9.17, 15) is 4.39 Å². The Morgan fingerprint density at radius 3 is 2.50 bits per heavy atom. The fourth-order valence-corrected chi connectivity index (χ4v) is 5.47. The van der Waals surface area contributed by atoms with E-state index in [0.717, 1.165) is 17.7 Å². The normalized spacial score (nSPS) is 20.6. The van der Waals surface area contributed by atoms with Gasteiger partial charge in [0.15, 0.2) is 0 Å². The first-order valence-electron chi connectivity index (χ1n) is 11.5. The summed E-state index contributed by atoms with van der Waals surface area (Å²) in [4.78, 5) is 12.2. The average molecular weight is 474 g/mol. The number of hydrogen-bond donors (Lipinski definition) is 0. The molecule has 0 spiro atoms. The summed E-state index contributed by atoms with van der Waals surface area (Å²) in [6, 6.07) is 25.9. The van der Waals surface area contributed by atoms with Crippen LogP contribution in [0.3, 0.4) is 0 Å². The molecule has 1 aromatic heterocycles. The molecule has 2 heterocycles. The number of hydroxylamine groups is 2. The molecule has 0 saturated carbocycles. The topological polar surface area (TPSA) is 30.3 Å². The molecule has 34 heavy (non-hydrogen) atoms.